The molecule has 0 radical (unpaired) electrons. The highest BCUT2D eigenvalue weighted by Gasteiger charge is 2.56. The van der Waals surface area contributed by atoms with Crippen molar-refractivity contribution in [1.29, 1.82) is 0 Å². The van der Waals surface area contributed by atoms with E-state index in [4.69, 9.17) is 4.42 Å². The Balaban J connectivity index is 0.000000103. The quantitative estimate of drug-likeness (QED) is 0.119. The van der Waals surface area contributed by atoms with Gasteiger partial charge in [0.2, 0.25) is 0 Å². The number of fused-ring (bicyclic) bond motifs is 39. The molecule has 2 heterocycles. The topological polar surface area (TPSA) is 49.2 Å². The van der Waals surface area contributed by atoms with Crippen LogP contribution in [0.1, 0.15) is 89.0 Å². The van der Waals surface area contributed by atoms with E-state index in [0.29, 0.717) is 0 Å². The second-order valence-corrected chi connectivity index (χ2v) is 44.2. The molecular weight excluding hydrogens is 1740 g/mol. The van der Waals surface area contributed by atoms with Gasteiger partial charge >= 0.3 is 0 Å². The van der Waals surface area contributed by atoms with Crippen LogP contribution < -0.4 is 26.3 Å². The van der Waals surface area contributed by atoms with Crippen LogP contribution >= 0.6 is 0 Å². The number of para-hydroxylation sites is 2. The number of hydrogen-bond donors (Lipinski definition) is 3. The van der Waals surface area contributed by atoms with Gasteiger partial charge in [-0.2, -0.15) is 0 Å². The van der Waals surface area contributed by atoms with E-state index in [1.807, 2.05) is 6.07 Å². The fraction of sp³-hybridized carbons (Fsp3) is 0.0435. The predicted molar refractivity (Wildman–Crippen MR) is 595 cm³/mol. The third kappa shape index (κ3) is 11.5. The zero-order valence-electron chi connectivity index (χ0n) is 78.9. The molecule has 0 saturated heterocycles. The SMILES string of the molecule is C[Si]1(C)c2ccccc2-c2cc(Nc3cccc4c3-c3ccccc3C43c4ccccc4-c4ccccc43)ccc21.c1ccc(-c2cccc3c2oc2c(-c4ccc(Nc5cccc6c5-c5ccccc5C65c6ccccc6-c6ccccc65)cc4)cccc23)cc1.c1ccc(C2(c3ccccc3)c3ccccc3-c3ccc(Nc4cccc5c4-c4ccccc4C54c5ccccc5-c5ccccc54)cc32)cc1. The lowest BCUT2D eigenvalue weighted by Gasteiger charge is -2.34. The highest BCUT2D eigenvalue weighted by Crippen LogP contribution is 2.69. The summed E-state index contributed by atoms with van der Waals surface area (Å²) >= 11 is 0. The maximum Gasteiger partial charge on any atom is 0.143 e. The van der Waals surface area contributed by atoms with Crippen molar-refractivity contribution in [2.45, 2.75) is 34.8 Å². The summed E-state index contributed by atoms with van der Waals surface area (Å²) in [6, 6.07) is 188. The van der Waals surface area contributed by atoms with E-state index < -0.39 is 13.5 Å². The molecule has 0 amide bonds. The zero-order chi connectivity index (χ0) is 94.4. The highest BCUT2D eigenvalue weighted by atomic mass is 28.3. The first kappa shape index (κ1) is 82.3. The standard InChI is InChI=1S/C50H33N.C49H31NO.C39H29NSi/c1-3-16-33(17-4-1)49(34-18-5-2-6-19-34)41-24-11-7-22-38(41)39-31-30-35(32-46(39)49)51-47-29-15-28-45-48(47)40-23-10-14-27-44(40)50(45)42-25-12-8-20-36(42)37-21-9-13-26-43(37)50;1-2-13-31(14-3-1)34-18-10-20-38-39-21-11-19-35(48(39)51-47(34)38)32-27-29-33(30-28-32)50-45-26-12-25-44-46(45)40-17-6-9-24-43(40)49(44)41-22-7-4-15-36(41)37-16-5-8-23-42(37)49;1-41(2)36-21-10-6-14-28(36)30-24-25(22-23-37(30)41)40-35-20-11-19-34-38(35)29-15-5-9-18-33(29)39(34)31-16-7-3-12-26(31)27-13-4-8-17-32(27)39/h1-32,51H;1-30,50H;3-24,40H,1-2H3. The van der Waals surface area contributed by atoms with E-state index in [-0.39, 0.29) is 16.2 Å². The van der Waals surface area contributed by atoms with Crippen molar-refractivity contribution >= 4 is 74.5 Å². The number of hydrogen-bond acceptors (Lipinski definition) is 4. The van der Waals surface area contributed by atoms with Crippen LogP contribution in [0.25, 0.3) is 133 Å². The minimum Gasteiger partial charge on any atom is -0.455 e. The smallest absolute Gasteiger partial charge is 0.143 e. The number of rotatable bonds is 10. The van der Waals surface area contributed by atoms with E-state index in [1.165, 1.54) is 183 Å². The molecule has 143 heavy (non-hydrogen) atoms. The van der Waals surface area contributed by atoms with Gasteiger partial charge in [0.25, 0.3) is 0 Å². The minimum atomic E-state index is -1.68. The molecule has 0 bridgehead atoms. The van der Waals surface area contributed by atoms with Crippen molar-refractivity contribution < 1.29 is 4.42 Å². The van der Waals surface area contributed by atoms with E-state index in [0.717, 1.165) is 78.3 Å². The van der Waals surface area contributed by atoms with Crippen molar-refractivity contribution in [1.82, 2.24) is 0 Å². The summed E-state index contributed by atoms with van der Waals surface area (Å²) in [6.07, 6.45) is 0. The third-order valence-corrected chi connectivity index (χ3v) is 36.3. The maximum atomic E-state index is 6.71. The number of benzene rings is 22. The molecular formula is C138H93N3OSi. The Morgan fingerprint density at radius 3 is 0.832 bits per heavy atom. The van der Waals surface area contributed by atoms with Crippen LogP contribution in [0.5, 0.6) is 0 Å². The number of furan rings is 1. The summed E-state index contributed by atoms with van der Waals surface area (Å²) in [5.74, 6) is 0. The van der Waals surface area contributed by atoms with Crippen LogP contribution in [-0.2, 0) is 21.7 Å². The van der Waals surface area contributed by atoms with Gasteiger partial charge in [0.15, 0.2) is 0 Å². The van der Waals surface area contributed by atoms with Crippen LogP contribution in [0.2, 0.25) is 13.1 Å². The Hall–Kier alpha value is -17.7. The lowest BCUT2D eigenvalue weighted by molar-refractivity contribution is 0.671. The fourth-order valence-corrected chi connectivity index (χ4v) is 30.2. The van der Waals surface area contributed by atoms with Crippen molar-refractivity contribution in [3.63, 3.8) is 0 Å². The molecule has 0 saturated carbocycles. The van der Waals surface area contributed by atoms with Gasteiger partial charge in [-0.25, -0.2) is 0 Å². The first-order valence-corrected chi connectivity index (χ1v) is 53.0. The Bertz CT molecular complexity index is 9070. The monoisotopic (exact) mass is 1840 g/mol. The molecule has 4 nitrogen and oxygen atoms in total. The van der Waals surface area contributed by atoms with Crippen molar-refractivity contribution in [2.75, 3.05) is 16.0 Å². The molecule has 3 spiro atoms. The van der Waals surface area contributed by atoms with E-state index in [2.05, 4.69) is 533 Å². The zero-order valence-corrected chi connectivity index (χ0v) is 79.9. The molecule has 1 aromatic heterocycles. The summed E-state index contributed by atoms with van der Waals surface area (Å²) in [4.78, 5) is 0. The van der Waals surface area contributed by atoms with Crippen molar-refractivity contribution in [2.24, 2.45) is 0 Å². The average molecular weight is 1840 g/mol. The molecule has 1 aliphatic heterocycles. The second kappa shape index (κ2) is 31.6. The van der Waals surface area contributed by atoms with Gasteiger partial charge < -0.3 is 20.4 Å². The average Bonchev–Trinajstić information content (AvgIpc) is 1.51. The number of anilines is 6. The summed E-state index contributed by atoms with van der Waals surface area (Å²) in [6.45, 7) is 4.95. The van der Waals surface area contributed by atoms with E-state index >= 15 is 0 Å². The maximum absolute atomic E-state index is 6.71. The van der Waals surface area contributed by atoms with Crippen LogP contribution in [0.4, 0.5) is 34.1 Å². The number of nitrogens with one attached hydrogen (secondary N) is 3. The molecule has 0 fully saturated rings. The first-order chi connectivity index (χ1) is 70.7. The summed E-state index contributed by atoms with van der Waals surface area (Å²) < 4.78 is 6.71. The molecule has 5 heteroatoms. The molecule has 3 N–H and O–H groups in total. The predicted octanol–water partition coefficient (Wildman–Crippen LogP) is 33.7. The lowest BCUT2D eigenvalue weighted by Crippen LogP contribution is -2.49. The summed E-state index contributed by atoms with van der Waals surface area (Å²) in [7, 11) is -1.68. The largest absolute Gasteiger partial charge is 0.455 e. The summed E-state index contributed by atoms with van der Waals surface area (Å²) in [5.41, 5.74) is 54.0. The van der Waals surface area contributed by atoms with Gasteiger partial charge in [0.1, 0.15) is 19.2 Å². The first-order valence-electron chi connectivity index (χ1n) is 50.0. The van der Waals surface area contributed by atoms with Gasteiger partial charge in [-0.05, 0) is 237 Å². The van der Waals surface area contributed by atoms with Gasteiger partial charge in [-0.1, -0.05) is 468 Å². The Kier molecular flexibility index (Phi) is 18.2. The normalized spacial score (nSPS) is 14.4. The second-order valence-electron chi connectivity index (χ2n) is 39.8. The van der Waals surface area contributed by atoms with Crippen molar-refractivity contribution in [3.05, 3.63) is 599 Å². The third-order valence-electron chi connectivity index (χ3n) is 32.7. The molecule has 8 aliphatic rings. The Morgan fingerprint density at radius 1 is 0.175 bits per heavy atom. The van der Waals surface area contributed by atoms with Crippen LogP contribution in [0, 0.1) is 0 Å². The van der Waals surface area contributed by atoms with Crippen LogP contribution in [0.15, 0.2) is 514 Å². The molecule has 670 valence electrons. The van der Waals surface area contributed by atoms with Crippen LogP contribution in [-0.4, -0.2) is 8.07 Å². The minimum absolute atomic E-state index is 0.316. The Labute approximate surface area is 833 Å². The molecule has 22 aromatic carbocycles. The van der Waals surface area contributed by atoms with E-state index in [1.54, 1.807) is 5.19 Å². The van der Waals surface area contributed by atoms with Gasteiger partial charge in [0.05, 0.1) is 21.7 Å². The highest BCUT2D eigenvalue weighted by molar-refractivity contribution is 7.03. The molecule has 7 aliphatic carbocycles. The van der Waals surface area contributed by atoms with Gasteiger partial charge in [-0.3, -0.25) is 0 Å². The van der Waals surface area contributed by atoms with Gasteiger partial charge in [0, 0.05) is 72.7 Å². The fourth-order valence-electron chi connectivity index (χ4n) is 27.2. The lowest BCUT2D eigenvalue weighted by atomic mass is 9.67. The van der Waals surface area contributed by atoms with Crippen LogP contribution in [0.3, 0.4) is 0 Å². The van der Waals surface area contributed by atoms with Crippen molar-refractivity contribution in [3.8, 4) is 111 Å². The summed E-state index contributed by atoms with van der Waals surface area (Å²) in [5, 5.41) is 17.1. The van der Waals surface area contributed by atoms with Gasteiger partial charge in [-0.15, -0.1) is 0 Å². The molecule has 31 rings (SSSR count). The molecule has 23 aromatic rings. The molecule has 0 atom stereocenters. The Morgan fingerprint density at radius 2 is 0.441 bits per heavy atom. The van der Waals surface area contributed by atoms with E-state index in [9.17, 15) is 0 Å². The molecule has 0 unspecified atom stereocenters.